The van der Waals surface area contributed by atoms with E-state index in [0.717, 1.165) is 30.6 Å². The van der Waals surface area contributed by atoms with E-state index >= 15 is 0 Å². The number of carbonyl (C=O) groups excluding carboxylic acids is 1. The van der Waals surface area contributed by atoms with Gasteiger partial charge in [-0.25, -0.2) is 9.37 Å². The predicted molar refractivity (Wildman–Crippen MR) is 111 cm³/mol. The molecular weight excluding hydrogens is 383 g/mol. The molecule has 154 valence electrons. The fraction of sp³-hybridized carbons (Fsp3) is 0.304. The molecular formula is C23H23FN4O2. The first kappa shape index (κ1) is 19.9. The van der Waals surface area contributed by atoms with Crippen molar-refractivity contribution in [3.63, 3.8) is 0 Å². The number of benzene rings is 1. The zero-order valence-corrected chi connectivity index (χ0v) is 16.8. The summed E-state index contributed by atoms with van der Waals surface area (Å²) in [5, 5.41) is 0. The number of aromatic nitrogens is 3. The van der Waals surface area contributed by atoms with Gasteiger partial charge in [-0.05, 0) is 37.1 Å². The molecule has 0 unspecified atom stereocenters. The lowest BCUT2D eigenvalue weighted by Gasteiger charge is -2.32. The van der Waals surface area contributed by atoms with Gasteiger partial charge >= 0.3 is 0 Å². The van der Waals surface area contributed by atoms with E-state index in [-0.39, 0.29) is 17.6 Å². The summed E-state index contributed by atoms with van der Waals surface area (Å²) in [5.41, 5.74) is 1.63. The third kappa shape index (κ3) is 4.62. The molecule has 1 atom stereocenters. The van der Waals surface area contributed by atoms with Crippen LogP contribution in [0.5, 0.6) is 11.6 Å². The zero-order chi connectivity index (χ0) is 20.9. The van der Waals surface area contributed by atoms with Gasteiger partial charge in [-0.15, -0.1) is 0 Å². The first-order valence-electron chi connectivity index (χ1n) is 10.1. The molecule has 1 saturated heterocycles. The second kappa shape index (κ2) is 8.98. The normalized spacial score (nSPS) is 16.3. The van der Waals surface area contributed by atoms with Crippen LogP contribution in [0.2, 0.25) is 0 Å². The molecule has 0 saturated carbocycles. The van der Waals surface area contributed by atoms with Gasteiger partial charge in [0.05, 0.1) is 5.69 Å². The molecule has 1 amide bonds. The van der Waals surface area contributed by atoms with Crippen molar-refractivity contribution in [1.29, 1.82) is 0 Å². The summed E-state index contributed by atoms with van der Waals surface area (Å²) in [5.74, 6) is 1.09. The number of likely N-dealkylation sites (tertiary alicyclic amines) is 1. The van der Waals surface area contributed by atoms with Crippen molar-refractivity contribution in [2.45, 2.75) is 32.1 Å². The largest absolute Gasteiger partial charge is 0.439 e. The molecule has 0 aliphatic carbocycles. The van der Waals surface area contributed by atoms with E-state index in [1.165, 1.54) is 12.1 Å². The molecule has 2 aromatic heterocycles. The minimum Gasteiger partial charge on any atom is -0.439 e. The van der Waals surface area contributed by atoms with Gasteiger partial charge in [0.2, 0.25) is 11.8 Å². The van der Waals surface area contributed by atoms with Crippen LogP contribution < -0.4 is 4.74 Å². The smallest absolute Gasteiger partial charge is 0.223 e. The Kier molecular flexibility index (Phi) is 5.97. The topological polar surface area (TPSA) is 68.2 Å². The van der Waals surface area contributed by atoms with Crippen LogP contribution in [0.3, 0.4) is 0 Å². The Bertz CT molecular complexity index is 1030. The number of piperidine rings is 1. The molecule has 3 heterocycles. The van der Waals surface area contributed by atoms with Crippen LogP contribution in [0.1, 0.15) is 37.8 Å². The average molecular weight is 406 g/mol. The molecule has 0 N–H and O–H groups in total. The summed E-state index contributed by atoms with van der Waals surface area (Å²) in [7, 11) is 0. The lowest BCUT2D eigenvalue weighted by Crippen LogP contribution is -2.38. The predicted octanol–water partition coefficient (Wildman–Crippen LogP) is 4.59. The van der Waals surface area contributed by atoms with Crippen LogP contribution in [0, 0.1) is 5.82 Å². The van der Waals surface area contributed by atoms with Crippen molar-refractivity contribution in [3.8, 4) is 23.0 Å². The molecule has 1 aliphatic rings. The van der Waals surface area contributed by atoms with Crippen LogP contribution in [0.4, 0.5) is 4.39 Å². The minimum atomic E-state index is -0.378. The minimum absolute atomic E-state index is 0.0905. The summed E-state index contributed by atoms with van der Waals surface area (Å²) in [4.78, 5) is 27.5. The van der Waals surface area contributed by atoms with Gasteiger partial charge in [0.25, 0.3) is 0 Å². The highest BCUT2D eigenvalue weighted by Crippen LogP contribution is 2.31. The third-order valence-electron chi connectivity index (χ3n) is 5.17. The third-order valence-corrected chi connectivity index (χ3v) is 5.17. The number of pyridine rings is 1. The monoisotopic (exact) mass is 406 g/mol. The number of hydrogen-bond acceptors (Lipinski definition) is 5. The highest BCUT2D eigenvalue weighted by molar-refractivity contribution is 5.76. The van der Waals surface area contributed by atoms with Crippen LogP contribution in [0.25, 0.3) is 11.4 Å². The summed E-state index contributed by atoms with van der Waals surface area (Å²) in [6, 6.07) is 11.4. The van der Waals surface area contributed by atoms with E-state index < -0.39 is 0 Å². The maximum Gasteiger partial charge on any atom is 0.223 e. The highest BCUT2D eigenvalue weighted by Gasteiger charge is 2.26. The van der Waals surface area contributed by atoms with Crippen molar-refractivity contribution >= 4 is 5.91 Å². The Morgan fingerprint density at radius 2 is 2.03 bits per heavy atom. The highest BCUT2D eigenvalue weighted by atomic mass is 19.1. The van der Waals surface area contributed by atoms with E-state index in [2.05, 4.69) is 9.97 Å². The molecule has 3 aromatic rings. The Morgan fingerprint density at radius 3 is 2.80 bits per heavy atom. The van der Waals surface area contributed by atoms with E-state index in [9.17, 15) is 9.18 Å². The summed E-state index contributed by atoms with van der Waals surface area (Å²) in [6.45, 7) is 3.28. The molecule has 1 aromatic carbocycles. The van der Waals surface area contributed by atoms with Gasteiger partial charge in [0.15, 0.2) is 5.82 Å². The lowest BCUT2D eigenvalue weighted by atomic mass is 9.94. The molecule has 0 bridgehead atoms. The molecule has 7 heteroatoms. The van der Waals surface area contributed by atoms with E-state index in [1.54, 1.807) is 30.6 Å². The van der Waals surface area contributed by atoms with Gasteiger partial charge in [0, 0.05) is 55.5 Å². The van der Waals surface area contributed by atoms with Gasteiger partial charge in [-0.2, -0.15) is 4.98 Å². The standard InChI is InChI=1S/C23H23FN4O2/c1-2-22(29)28-12-4-5-17(15-28)20-14-21(30-19-7-3-6-18(24)13-19)27-23(26-20)16-8-10-25-11-9-16/h3,6-11,13-14,17H,2,4-5,12,15H2,1H3/t17-/m0/s1. The van der Waals surface area contributed by atoms with Gasteiger partial charge < -0.3 is 9.64 Å². The SMILES string of the molecule is CCC(=O)N1CCC[C@H](c2cc(Oc3cccc(F)c3)nc(-c3ccncc3)n2)C1. The Balaban J connectivity index is 1.69. The fourth-order valence-electron chi connectivity index (χ4n) is 3.65. The van der Waals surface area contributed by atoms with Crippen LogP contribution in [-0.4, -0.2) is 38.8 Å². The van der Waals surface area contributed by atoms with Crippen molar-refractivity contribution in [3.05, 3.63) is 66.4 Å². The maximum absolute atomic E-state index is 13.6. The quantitative estimate of drug-likeness (QED) is 0.620. The molecule has 1 aliphatic heterocycles. The molecule has 4 rings (SSSR count). The number of nitrogens with zero attached hydrogens (tertiary/aromatic N) is 4. The number of halogens is 1. The van der Waals surface area contributed by atoms with Crippen molar-refractivity contribution in [1.82, 2.24) is 19.9 Å². The Labute approximate surface area is 174 Å². The summed E-state index contributed by atoms with van der Waals surface area (Å²) >= 11 is 0. The van der Waals surface area contributed by atoms with E-state index in [4.69, 9.17) is 9.72 Å². The van der Waals surface area contributed by atoms with Gasteiger partial charge in [-0.3, -0.25) is 9.78 Å². The summed E-state index contributed by atoms with van der Waals surface area (Å²) < 4.78 is 19.4. The molecule has 1 fully saturated rings. The van der Waals surface area contributed by atoms with Crippen molar-refractivity contribution < 1.29 is 13.9 Å². The molecule has 30 heavy (non-hydrogen) atoms. The van der Waals surface area contributed by atoms with Crippen molar-refractivity contribution in [2.75, 3.05) is 13.1 Å². The average Bonchev–Trinajstić information content (AvgIpc) is 2.79. The number of carbonyl (C=O) groups is 1. The number of amides is 1. The second-order valence-corrected chi connectivity index (χ2v) is 7.28. The molecule has 0 radical (unpaired) electrons. The number of hydrogen-bond donors (Lipinski definition) is 0. The fourth-order valence-corrected chi connectivity index (χ4v) is 3.65. The van der Waals surface area contributed by atoms with Gasteiger partial charge in [-0.1, -0.05) is 13.0 Å². The number of rotatable bonds is 5. The molecule has 0 spiro atoms. The van der Waals surface area contributed by atoms with Crippen LogP contribution in [-0.2, 0) is 4.79 Å². The Morgan fingerprint density at radius 1 is 1.20 bits per heavy atom. The lowest BCUT2D eigenvalue weighted by molar-refractivity contribution is -0.132. The maximum atomic E-state index is 13.6. The summed E-state index contributed by atoms with van der Waals surface area (Å²) in [6.07, 6.45) is 5.71. The van der Waals surface area contributed by atoms with Crippen LogP contribution in [0.15, 0.2) is 54.9 Å². The first-order chi connectivity index (χ1) is 14.6. The van der Waals surface area contributed by atoms with E-state index in [1.807, 2.05) is 24.0 Å². The van der Waals surface area contributed by atoms with Gasteiger partial charge in [0.1, 0.15) is 11.6 Å². The molecule has 6 nitrogen and oxygen atoms in total. The number of ether oxygens (including phenoxy) is 1. The Hall–Kier alpha value is -3.35. The van der Waals surface area contributed by atoms with E-state index in [0.29, 0.717) is 30.4 Å². The zero-order valence-electron chi connectivity index (χ0n) is 16.8. The first-order valence-corrected chi connectivity index (χ1v) is 10.1. The second-order valence-electron chi connectivity index (χ2n) is 7.28. The van der Waals surface area contributed by atoms with Crippen molar-refractivity contribution in [2.24, 2.45) is 0 Å². The van der Waals surface area contributed by atoms with Crippen LogP contribution >= 0.6 is 0 Å².